The molecule has 1 saturated heterocycles. The van der Waals surface area contributed by atoms with E-state index in [9.17, 15) is 9.59 Å². The van der Waals surface area contributed by atoms with Crippen LogP contribution in [-0.2, 0) is 9.59 Å². The highest BCUT2D eigenvalue weighted by molar-refractivity contribution is 5.88. The number of amides is 1. The van der Waals surface area contributed by atoms with E-state index in [1.807, 2.05) is 37.3 Å². The fourth-order valence-electron chi connectivity index (χ4n) is 2.73. The molecule has 1 N–H and O–H groups in total. The predicted molar refractivity (Wildman–Crippen MR) is 71.8 cm³/mol. The molecule has 1 aliphatic heterocycles. The average molecular weight is 261 g/mol. The molecule has 0 aliphatic carbocycles. The molecule has 102 valence electrons. The van der Waals surface area contributed by atoms with E-state index in [-0.39, 0.29) is 11.8 Å². The summed E-state index contributed by atoms with van der Waals surface area (Å²) in [7, 11) is 0. The van der Waals surface area contributed by atoms with Crippen molar-refractivity contribution >= 4 is 11.9 Å². The number of hydrogen-bond acceptors (Lipinski definition) is 2. The Labute approximate surface area is 113 Å². The summed E-state index contributed by atoms with van der Waals surface area (Å²) in [5, 5.41) is 9.16. The monoisotopic (exact) mass is 261 g/mol. The van der Waals surface area contributed by atoms with Crippen LogP contribution >= 0.6 is 0 Å². The molecular weight excluding hydrogens is 242 g/mol. The van der Waals surface area contributed by atoms with Gasteiger partial charge in [-0.3, -0.25) is 4.79 Å². The lowest BCUT2D eigenvalue weighted by atomic mass is 9.95. The molecular formula is C15H19NO3. The maximum Gasteiger partial charge on any atom is 0.326 e. The second-order valence-electron chi connectivity index (χ2n) is 4.90. The van der Waals surface area contributed by atoms with Crippen LogP contribution in [0, 0.1) is 0 Å². The van der Waals surface area contributed by atoms with Gasteiger partial charge in [-0.25, -0.2) is 4.79 Å². The zero-order valence-electron chi connectivity index (χ0n) is 11.1. The molecule has 2 rings (SSSR count). The van der Waals surface area contributed by atoms with Gasteiger partial charge in [0.15, 0.2) is 0 Å². The molecule has 0 bridgehead atoms. The molecule has 1 heterocycles. The van der Waals surface area contributed by atoms with E-state index in [4.69, 9.17) is 5.11 Å². The van der Waals surface area contributed by atoms with Gasteiger partial charge in [0.2, 0.25) is 5.91 Å². The minimum Gasteiger partial charge on any atom is -0.480 e. The Bertz CT molecular complexity index is 458. The molecule has 0 saturated carbocycles. The zero-order valence-corrected chi connectivity index (χ0v) is 11.1. The number of rotatable bonds is 4. The third kappa shape index (κ3) is 2.78. The second-order valence-corrected chi connectivity index (χ2v) is 4.90. The molecule has 0 spiro atoms. The first kappa shape index (κ1) is 13.6. The first-order valence-corrected chi connectivity index (χ1v) is 6.73. The van der Waals surface area contributed by atoms with Crippen LogP contribution in [0.1, 0.15) is 37.7 Å². The molecule has 0 aromatic heterocycles. The number of carbonyl (C=O) groups excluding carboxylic acids is 1. The quantitative estimate of drug-likeness (QED) is 0.904. The minimum absolute atomic E-state index is 0.0569. The summed E-state index contributed by atoms with van der Waals surface area (Å²) >= 11 is 0. The van der Waals surface area contributed by atoms with Crippen molar-refractivity contribution in [2.45, 2.75) is 38.1 Å². The summed E-state index contributed by atoms with van der Waals surface area (Å²) < 4.78 is 0. The van der Waals surface area contributed by atoms with Gasteiger partial charge in [0.05, 0.1) is 5.92 Å². The van der Waals surface area contributed by atoms with Crippen molar-refractivity contribution in [3.8, 4) is 0 Å². The van der Waals surface area contributed by atoms with Crippen LogP contribution in [-0.4, -0.2) is 34.5 Å². The average Bonchev–Trinajstić information content (AvgIpc) is 2.90. The standard InChI is InChI=1S/C15H19NO3/c1-2-12(11-7-4-3-5-8-11)14(17)16-10-6-9-13(16)15(18)19/h3-5,7-8,12-13H,2,6,9-10H2,1H3,(H,18,19)/t12?,13-/m0/s1. The Morgan fingerprint density at radius 2 is 2.05 bits per heavy atom. The van der Waals surface area contributed by atoms with E-state index >= 15 is 0 Å². The molecule has 0 radical (unpaired) electrons. The predicted octanol–water partition coefficient (Wildman–Crippen LogP) is 2.26. The van der Waals surface area contributed by atoms with Crippen molar-refractivity contribution in [3.63, 3.8) is 0 Å². The van der Waals surface area contributed by atoms with E-state index < -0.39 is 12.0 Å². The van der Waals surface area contributed by atoms with E-state index in [0.29, 0.717) is 19.4 Å². The number of carboxylic acids is 1. The van der Waals surface area contributed by atoms with Crippen LogP contribution in [0.3, 0.4) is 0 Å². The topological polar surface area (TPSA) is 57.6 Å². The van der Waals surface area contributed by atoms with Crippen LogP contribution in [0.2, 0.25) is 0 Å². The Morgan fingerprint density at radius 1 is 1.37 bits per heavy atom. The normalized spacial score (nSPS) is 20.3. The summed E-state index contributed by atoms with van der Waals surface area (Å²) in [5.74, 6) is -1.19. The van der Waals surface area contributed by atoms with Gasteiger partial charge in [0, 0.05) is 6.54 Å². The molecule has 1 aromatic carbocycles. The molecule has 1 aliphatic rings. The number of benzene rings is 1. The maximum atomic E-state index is 12.6. The molecule has 19 heavy (non-hydrogen) atoms. The second kappa shape index (κ2) is 5.87. The zero-order chi connectivity index (χ0) is 13.8. The van der Waals surface area contributed by atoms with Crippen molar-refractivity contribution in [2.24, 2.45) is 0 Å². The van der Waals surface area contributed by atoms with E-state index in [1.165, 1.54) is 4.90 Å². The van der Waals surface area contributed by atoms with Gasteiger partial charge in [-0.15, -0.1) is 0 Å². The van der Waals surface area contributed by atoms with Gasteiger partial charge >= 0.3 is 5.97 Å². The lowest BCUT2D eigenvalue weighted by molar-refractivity contribution is -0.148. The number of likely N-dealkylation sites (tertiary alicyclic amines) is 1. The van der Waals surface area contributed by atoms with E-state index in [0.717, 1.165) is 12.0 Å². The Kier molecular flexibility index (Phi) is 4.20. The Morgan fingerprint density at radius 3 is 2.63 bits per heavy atom. The smallest absolute Gasteiger partial charge is 0.326 e. The number of hydrogen-bond donors (Lipinski definition) is 1. The van der Waals surface area contributed by atoms with Crippen LogP contribution in [0.25, 0.3) is 0 Å². The van der Waals surface area contributed by atoms with Crippen LogP contribution in [0.4, 0.5) is 0 Å². The number of aliphatic carboxylic acids is 1. The molecule has 4 nitrogen and oxygen atoms in total. The lowest BCUT2D eigenvalue weighted by Crippen LogP contribution is -2.42. The summed E-state index contributed by atoms with van der Waals surface area (Å²) in [6, 6.07) is 8.94. The molecule has 1 unspecified atom stereocenters. The first-order chi connectivity index (χ1) is 9.15. The molecule has 1 amide bonds. The summed E-state index contributed by atoms with van der Waals surface area (Å²) in [6.45, 7) is 2.51. The minimum atomic E-state index is -0.895. The highest BCUT2D eigenvalue weighted by atomic mass is 16.4. The van der Waals surface area contributed by atoms with Crippen LogP contribution < -0.4 is 0 Å². The summed E-state index contributed by atoms with van der Waals surface area (Å²) in [5.41, 5.74) is 0.964. The Balaban J connectivity index is 2.19. The number of carbonyl (C=O) groups is 2. The van der Waals surface area contributed by atoms with Crippen LogP contribution in [0.5, 0.6) is 0 Å². The fraction of sp³-hybridized carbons (Fsp3) is 0.467. The van der Waals surface area contributed by atoms with Gasteiger partial charge in [0.1, 0.15) is 6.04 Å². The summed E-state index contributed by atoms with van der Waals surface area (Å²) in [4.78, 5) is 25.3. The van der Waals surface area contributed by atoms with Crippen molar-refractivity contribution in [1.29, 1.82) is 0 Å². The Hall–Kier alpha value is -1.84. The first-order valence-electron chi connectivity index (χ1n) is 6.73. The molecule has 1 fully saturated rings. The highest BCUT2D eigenvalue weighted by Gasteiger charge is 2.36. The van der Waals surface area contributed by atoms with Crippen molar-refractivity contribution < 1.29 is 14.7 Å². The molecule has 4 heteroatoms. The van der Waals surface area contributed by atoms with Gasteiger partial charge < -0.3 is 10.0 Å². The highest BCUT2D eigenvalue weighted by Crippen LogP contribution is 2.27. The van der Waals surface area contributed by atoms with E-state index in [2.05, 4.69) is 0 Å². The van der Waals surface area contributed by atoms with Gasteiger partial charge in [-0.05, 0) is 24.8 Å². The third-order valence-corrected chi connectivity index (χ3v) is 3.73. The van der Waals surface area contributed by atoms with Gasteiger partial charge in [-0.1, -0.05) is 37.3 Å². The largest absolute Gasteiger partial charge is 0.480 e. The number of nitrogens with zero attached hydrogens (tertiary/aromatic N) is 1. The van der Waals surface area contributed by atoms with Crippen molar-refractivity contribution in [3.05, 3.63) is 35.9 Å². The number of carboxylic acid groups (broad SMARTS) is 1. The lowest BCUT2D eigenvalue weighted by Gasteiger charge is -2.26. The van der Waals surface area contributed by atoms with Gasteiger partial charge in [0.25, 0.3) is 0 Å². The maximum absolute atomic E-state index is 12.6. The molecule has 2 atom stereocenters. The van der Waals surface area contributed by atoms with Crippen molar-refractivity contribution in [1.82, 2.24) is 4.90 Å². The fourth-order valence-corrected chi connectivity index (χ4v) is 2.73. The van der Waals surface area contributed by atoms with E-state index in [1.54, 1.807) is 0 Å². The molecule has 1 aromatic rings. The van der Waals surface area contributed by atoms with Crippen molar-refractivity contribution in [2.75, 3.05) is 6.54 Å². The third-order valence-electron chi connectivity index (χ3n) is 3.73. The SMILES string of the molecule is CCC(C(=O)N1CCC[C@H]1C(=O)O)c1ccccc1. The summed E-state index contributed by atoms with van der Waals surface area (Å²) in [6.07, 6.45) is 2.02. The van der Waals surface area contributed by atoms with Gasteiger partial charge in [-0.2, -0.15) is 0 Å². The van der Waals surface area contributed by atoms with Crippen LogP contribution in [0.15, 0.2) is 30.3 Å².